The van der Waals surface area contributed by atoms with Crippen LogP contribution < -0.4 is 5.32 Å². The van der Waals surface area contributed by atoms with Gasteiger partial charge in [-0.15, -0.1) is 0 Å². The van der Waals surface area contributed by atoms with Crippen LogP contribution in [0.5, 0.6) is 0 Å². The van der Waals surface area contributed by atoms with Gasteiger partial charge in [0.25, 0.3) is 0 Å². The molecule has 0 fully saturated rings. The molecule has 2 aromatic rings. The Hall–Kier alpha value is -0.610. The van der Waals surface area contributed by atoms with Gasteiger partial charge in [0.05, 0.1) is 10.2 Å². The molecule has 1 N–H and O–H groups in total. The Morgan fingerprint density at radius 1 is 1.38 bits per heavy atom. The number of rotatable bonds is 1. The first kappa shape index (κ1) is 10.5. The number of halogens is 1. The highest BCUT2D eigenvalue weighted by Crippen LogP contribution is 2.38. The smallest absolute Gasteiger partial charge is 0.183 e. The van der Waals surface area contributed by atoms with Gasteiger partial charge in [-0.3, -0.25) is 0 Å². The van der Waals surface area contributed by atoms with E-state index in [9.17, 15) is 0 Å². The minimum Gasteiger partial charge on any atom is -0.365 e. The molecule has 2 nitrogen and oxygen atoms in total. The average Bonchev–Trinajstić information content (AvgIpc) is 2.74. The summed E-state index contributed by atoms with van der Waals surface area (Å²) in [5, 5.41) is 4.15. The maximum absolute atomic E-state index is 4.60. The number of aromatic nitrogens is 1. The van der Waals surface area contributed by atoms with Crippen LogP contribution in [0.2, 0.25) is 0 Å². The highest BCUT2D eigenvalue weighted by atomic mass is 79.9. The van der Waals surface area contributed by atoms with Crippen LogP contribution in [0.25, 0.3) is 10.2 Å². The van der Waals surface area contributed by atoms with Gasteiger partial charge < -0.3 is 5.32 Å². The van der Waals surface area contributed by atoms with E-state index in [-0.39, 0.29) is 0 Å². The molecule has 1 aromatic carbocycles. The van der Waals surface area contributed by atoms with Crippen molar-refractivity contribution in [3.05, 3.63) is 21.7 Å². The summed E-state index contributed by atoms with van der Waals surface area (Å²) in [6.45, 7) is 0. The fraction of sp³-hybridized carbons (Fsp3) is 0.417. The lowest BCUT2D eigenvalue weighted by Gasteiger charge is -2.16. The van der Waals surface area contributed by atoms with Crippen LogP contribution in [-0.2, 0) is 12.8 Å². The summed E-state index contributed by atoms with van der Waals surface area (Å²) in [7, 11) is 1.93. The zero-order valence-corrected chi connectivity index (χ0v) is 11.5. The highest BCUT2D eigenvalue weighted by Gasteiger charge is 2.17. The molecule has 0 atom stereocenters. The minimum atomic E-state index is 1.01. The van der Waals surface area contributed by atoms with Crippen molar-refractivity contribution >= 4 is 42.6 Å². The Balaban J connectivity index is 2.32. The molecule has 4 heteroatoms. The summed E-state index contributed by atoms with van der Waals surface area (Å²) in [4.78, 5) is 4.60. The zero-order chi connectivity index (χ0) is 11.1. The first-order chi connectivity index (χ1) is 7.79. The van der Waals surface area contributed by atoms with Gasteiger partial charge in [-0.2, -0.15) is 0 Å². The van der Waals surface area contributed by atoms with Crippen LogP contribution in [0, 0.1) is 0 Å². The molecule has 0 radical (unpaired) electrons. The van der Waals surface area contributed by atoms with E-state index in [1.165, 1.54) is 41.5 Å². The SMILES string of the molecule is CNc1nc2c(Br)cc3c(c2s1)CCCC3. The monoisotopic (exact) mass is 296 g/mol. The van der Waals surface area contributed by atoms with Gasteiger partial charge in [0.15, 0.2) is 5.13 Å². The lowest BCUT2D eigenvalue weighted by atomic mass is 9.91. The fourth-order valence-corrected chi connectivity index (χ4v) is 4.10. The van der Waals surface area contributed by atoms with Crippen LogP contribution in [-0.4, -0.2) is 12.0 Å². The van der Waals surface area contributed by atoms with Crippen molar-refractivity contribution in [1.29, 1.82) is 0 Å². The van der Waals surface area contributed by atoms with E-state index in [1.54, 1.807) is 11.3 Å². The number of aryl methyl sites for hydroxylation is 2. The van der Waals surface area contributed by atoms with E-state index >= 15 is 0 Å². The third-order valence-corrected chi connectivity index (χ3v) is 4.89. The zero-order valence-electron chi connectivity index (χ0n) is 9.14. The Kier molecular flexibility index (Phi) is 2.64. The third-order valence-electron chi connectivity index (χ3n) is 3.15. The molecule has 0 bridgehead atoms. The van der Waals surface area contributed by atoms with E-state index in [4.69, 9.17) is 0 Å². The van der Waals surface area contributed by atoms with Gasteiger partial charge >= 0.3 is 0 Å². The lowest BCUT2D eigenvalue weighted by molar-refractivity contribution is 0.690. The minimum absolute atomic E-state index is 1.01. The van der Waals surface area contributed by atoms with Gasteiger partial charge in [-0.05, 0) is 58.8 Å². The summed E-state index contributed by atoms with van der Waals surface area (Å²) in [5.74, 6) is 0. The van der Waals surface area contributed by atoms with Crippen LogP contribution in [0.4, 0.5) is 5.13 Å². The van der Waals surface area contributed by atoms with E-state index in [2.05, 4.69) is 32.3 Å². The molecule has 16 heavy (non-hydrogen) atoms. The molecule has 0 amide bonds. The van der Waals surface area contributed by atoms with Gasteiger partial charge in [-0.1, -0.05) is 11.3 Å². The number of hydrogen-bond donors (Lipinski definition) is 1. The molecule has 0 saturated heterocycles. The molecule has 0 unspecified atom stereocenters. The predicted octanol–water partition coefficient (Wildman–Crippen LogP) is 3.98. The Morgan fingerprint density at radius 2 is 2.19 bits per heavy atom. The number of hydrogen-bond acceptors (Lipinski definition) is 3. The molecule has 1 aliphatic carbocycles. The molecule has 1 heterocycles. The second kappa shape index (κ2) is 4.00. The fourth-order valence-electron chi connectivity index (χ4n) is 2.36. The van der Waals surface area contributed by atoms with Gasteiger partial charge in [0, 0.05) is 11.5 Å². The number of nitrogens with zero attached hydrogens (tertiary/aromatic N) is 1. The second-order valence-corrected chi connectivity index (χ2v) is 6.00. The maximum Gasteiger partial charge on any atom is 0.183 e. The molecule has 1 aliphatic rings. The van der Waals surface area contributed by atoms with E-state index in [1.807, 2.05) is 7.05 Å². The Bertz CT molecular complexity index is 547. The van der Waals surface area contributed by atoms with Gasteiger partial charge in [0.2, 0.25) is 0 Å². The van der Waals surface area contributed by atoms with Crippen molar-refractivity contribution in [2.75, 3.05) is 12.4 Å². The molecule has 0 saturated carbocycles. The van der Waals surface area contributed by atoms with Crippen LogP contribution in [0.1, 0.15) is 24.0 Å². The van der Waals surface area contributed by atoms with Crippen molar-refractivity contribution in [3.63, 3.8) is 0 Å². The van der Waals surface area contributed by atoms with Crippen LogP contribution >= 0.6 is 27.3 Å². The predicted molar refractivity (Wildman–Crippen MR) is 73.5 cm³/mol. The van der Waals surface area contributed by atoms with E-state index in [0.717, 1.165) is 15.1 Å². The summed E-state index contributed by atoms with van der Waals surface area (Å²) in [6.07, 6.45) is 5.07. The van der Waals surface area contributed by atoms with Crippen molar-refractivity contribution < 1.29 is 0 Å². The number of anilines is 1. The summed E-state index contributed by atoms with van der Waals surface area (Å²) < 4.78 is 2.51. The third kappa shape index (κ3) is 1.55. The first-order valence-electron chi connectivity index (χ1n) is 5.58. The van der Waals surface area contributed by atoms with Gasteiger partial charge in [-0.25, -0.2) is 4.98 Å². The van der Waals surface area contributed by atoms with Crippen molar-refractivity contribution in [2.24, 2.45) is 0 Å². The Labute approximate surface area is 107 Å². The van der Waals surface area contributed by atoms with Crippen molar-refractivity contribution in [3.8, 4) is 0 Å². The summed E-state index contributed by atoms with van der Waals surface area (Å²) >= 11 is 5.41. The molecular weight excluding hydrogens is 284 g/mol. The van der Waals surface area contributed by atoms with Gasteiger partial charge in [0.1, 0.15) is 0 Å². The topological polar surface area (TPSA) is 24.9 Å². The number of nitrogens with one attached hydrogen (secondary N) is 1. The number of fused-ring (bicyclic) bond motifs is 3. The average molecular weight is 297 g/mol. The maximum atomic E-state index is 4.60. The lowest BCUT2D eigenvalue weighted by Crippen LogP contribution is -2.02. The van der Waals surface area contributed by atoms with Crippen molar-refractivity contribution in [1.82, 2.24) is 4.98 Å². The Morgan fingerprint density at radius 3 is 3.00 bits per heavy atom. The largest absolute Gasteiger partial charge is 0.365 e. The van der Waals surface area contributed by atoms with Crippen LogP contribution in [0.15, 0.2) is 10.5 Å². The van der Waals surface area contributed by atoms with E-state index in [0.29, 0.717) is 0 Å². The van der Waals surface area contributed by atoms with Crippen molar-refractivity contribution in [2.45, 2.75) is 25.7 Å². The number of thiazole rings is 1. The molecule has 1 aromatic heterocycles. The molecule has 84 valence electrons. The standard InChI is InChI=1S/C12H13BrN2S/c1-14-12-15-10-9(13)6-7-4-2-3-5-8(7)11(10)16-12/h6H,2-5H2,1H3,(H,14,15). The van der Waals surface area contributed by atoms with Crippen LogP contribution in [0.3, 0.4) is 0 Å². The molecular formula is C12H13BrN2S. The van der Waals surface area contributed by atoms with E-state index < -0.39 is 0 Å². The molecule has 0 spiro atoms. The highest BCUT2D eigenvalue weighted by molar-refractivity contribution is 9.10. The normalized spacial score (nSPS) is 15.1. The molecule has 0 aliphatic heterocycles. The number of benzene rings is 1. The quantitative estimate of drug-likeness (QED) is 0.861. The summed E-state index contributed by atoms with van der Waals surface area (Å²) in [5.41, 5.74) is 4.16. The molecule has 3 rings (SSSR count). The summed E-state index contributed by atoms with van der Waals surface area (Å²) in [6, 6.07) is 2.26. The first-order valence-corrected chi connectivity index (χ1v) is 7.19. The second-order valence-electron chi connectivity index (χ2n) is 4.15.